The average Bonchev–Trinajstić information content (AvgIpc) is 3.28. The molecule has 0 bridgehead atoms. The van der Waals surface area contributed by atoms with E-state index in [0.29, 0.717) is 18.2 Å². The number of aromatic nitrogens is 3. The van der Waals surface area contributed by atoms with Crippen LogP contribution in [0, 0.1) is 11.6 Å². The van der Waals surface area contributed by atoms with E-state index >= 15 is 0 Å². The van der Waals surface area contributed by atoms with Crippen LogP contribution in [0.25, 0.3) is 0 Å². The first-order valence-electron chi connectivity index (χ1n) is 10.1. The highest BCUT2D eigenvalue weighted by Gasteiger charge is 2.44. The zero-order chi connectivity index (χ0) is 26.0. The van der Waals surface area contributed by atoms with Gasteiger partial charge in [-0.15, -0.1) is 0 Å². The van der Waals surface area contributed by atoms with Crippen molar-refractivity contribution in [1.29, 1.82) is 0 Å². The fourth-order valence-electron chi connectivity index (χ4n) is 3.62. The van der Waals surface area contributed by atoms with E-state index in [1.807, 2.05) is 0 Å². The van der Waals surface area contributed by atoms with Gasteiger partial charge >= 0.3 is 6.18 Å². The summed E-state index contributed by atoms with van der Waals surface area (Å²) in [5.74, 6) is -4.01. The minimum Gasteiger partial charge on any atom is -0.381 e. The van der Waals surface area contributed by atoms with Crippen LogP contribution < -0.4 is 5.73 Å². The summed E-state index contributed by atoms with van der Waals surface area (Å²) < 4.78 is 68.2. The second kappa shape index (κ2) is 9.78. The van der Waals surface area contributed by atoms with Gasteiger partial charge in [0.2, 0.25) is 5.91 Å². The molecule has 0 spiro atoms. The summed E-state index contributed by atoms with van der Waals surface area (Å²) in [6, 6.07) is 4.17. The van der Waals surface area contributed by atoms with Gasteiger partial charge in [-0.1, -0.05) is 6.07 Å². The van der Waals surface area contributed by atoms with Crippen LogP contribution in [0.2, 0.25) is 0 Å². The van der Waals surface area contributed by atoms with E-state index in [1.54, 1.807) is 0 Å². The van der Waals surface area contributed by atoms with Crippen LogP contribution in [0.4, 0.5) is 22.0 Å². The molecule has 0 aliphatic carbocycles. The molecule has 8 nitrogen and oxygen atoms in total. The molecule has 0 aliphatic rings. The molecule has 0 unspecified atom stereocenters. The number of amides is 2. The highest BCUT2D eigenvalue weighted by molar-refractivity contribution is 5.96. The first kappa shape index (κ1) is 25.7. The minimum absolute atomic E-state index is 0.242. The Morgan fingerprint density at radius 3 is 2.31 bits per heavy atom. The fourth-order valence-corrected chi connectivity index (χ4v) is 3.62. The molecule has 0 aliphatic heterocycles. The van der Waals surface area contributed by atoms with Gasteiger partial charge in [-0.25, -0.2) is 18.4 Å². The fraction of sp³-hybridized carbons (Fsp3) is 0.273. The molecule has 0 radical (unpaired) electrons. The number of benzene rings is 2. The maximum Gasteiger partial charge on any atom is 0.416 e. The van der Waals surface area contributed by atoms with E-state index in [2.05, 4.69) is 10.1 Å². The first-order chi connectivity index (χ1) is 16.3. The molecule has 3 N–H and O–H groups in total. The van der Waals surface area contributed by atoms with Crippen molar-refractivity contribution in [3.63, 3.8) is 0 Å². The third kappa shape index (κ3) is 5.62. The lowest BCUT2D eigenvalue weighted by Crippen LogP contribution is -2.55. The Kier molecular flexibility index (Phi) is 7.19. The van der Waals surface area contributed by atoms with Crippen molar-refractivity contribution >= 4 is 11.8 Å². The summed E-state index contributed by atoms with van der Waals surface area (Å²) in [7, 11) is 0. The monoisotopic (exact) mass is 497 g/mol. The Morgan fingerprint density at radius 2 is 1.80 bits per heavy atom. The average molecular weight is 497 g/mol. The van der Waals surface area contributed by atoms with Gasteiger partial charge in [-0.2, -0.15) is 18.3 Å². The number of rotatable bonds is 8. The minimum atomic E-state index is -4.64. The smallest absolute Gasteiger partial charge is 0.381 e. The number of halogens is 5. The van der Waals surface area contributed by atoms with Gasteiger partial charge in [0.15, 0.2) is 0 Å². The molecule has 2 amide bonds. The number of alkyl halides is 3. The first-order valence-corrected chi connectivity index (χ1v) is 10.1. The van der Waals surface area contributed by atoms with Crippen molar-refractivity contribution in [3.05, 3.63) is 83.4 Å². The number of nitrogens with zero attached hydrogens (tertiary/aromatic N) is 4. The van der Waals surface area contributed by atoms with Gasteiger partial charge in [0.05, 0.1) is 18.2 Å². The van der Waals surface area contributed by atoms with Gasteiger partial charge in [0.25, 0.3) is 5.91 Å². The van der Waals surface area contributed by atoms with Crippen molar-refractivity contribution in [3.8, 4) is 0 Å². The van der Waals surface area contributed by atoms with Crippen molar-refractivity contribution in [2.45, 2.75) is 31.3 Å². The lowest BCUT2D eigenvalue weighted by atomic mass is 9.85. The summed E-state index contributed by atoms with van der Waals surface area (Å²) >= 11 is 0. The molecule has 2 atom stereocenters. The molecule has 0 saturated heterocycles. The van der Waals surface area contributed by atoms with Gasteiger partial charge in [-0.3, -0.25) is 9.59 Å². The Bertz CT molecular complexity index is 1200. The van der Waals surface area contributed by atoms with E-state index in [9.17, 15) is 36.6 Å². The molecule has 2 aromatic carbocycles. The van der Waals surface area contributed by atoms with Gasteiger partial charge in [0, 0.05) is 17.2 Å². The molecule has 35 heavy (non-hydrogen) atoms. The van der Waals surface area contributed by atoms with Crippen LogP contribution in [0.3, 0.4) is 0 Å². The van der Waals surface area contributed by atoms with Crippen LogP contribution in [0.15, 0.2) is 55.1 Å². The second-order valence-corrected chi connectivity index (χ2v) is 7.79. The maximum atomic E-state index is 14.8. The molecule has 1 aromatic heterocycles. The van der Waals surface area contributed by atoms with E-state index in [0.717, 1.165) is 40.2 Å². The topological polar surface area (TPSA) is 114 Å². The van der Waals surface area contributed by atoms with Gasteiger partial charge in [-0.05, 0) is 37.3 Å². The summed E-state index contributed by atoms with van der Waals surface area (Å²) in [6.07, 6.45) is -2.30. The predicted octanol–water partition coefficient (Wildman–Crippen LogP) is 2.48. The zero-order valence-electron chi connectivity index (χ0n) is 18.2. The van der Waals surface area contributed by atoms with Crippen molar-refractivity contribution in [2.75, 3.05) is 6.54 Å². The van der Waals surface area contributed by atoms with Crippen LogP contribution in [0.5, 0.6) is 0 Å². The van der Waals surface area contributed by atoms with Crippen molar-refractivity contribution < 1.29 is 36.6 Å². The molecule has 3 rings (SSSR count). The summed E-state index contributed by atoms with van der Waals surface area (Å²) in [5.41, 5.74) is 1.32. The lowest BCUT2D eigenvalue weighted by molar-refractivity contribution is -0.137. The van der Waals surface area contributed by atoms with Crippen LogP contribution in [-0.4, -0.2) is 49.2 Å². The molecule has 0 fully saturated rings. The van der Waals surface area contributed by atoms with Crippen molar-refractivity contribution in [2.24, 2.45) is 5.73 Å². The van der Waals surface area contributed by atoms with E-state index < -0.39 is 65.5 Å². The molecular weight excluding hydrogens is 477 g/mol. The number of nitrogens with two attached hydrogens (primary N) is 1. The lowest BCUT2D eigenvalue weighted by Gasteiger charge is -2.41. The molecule has 13 heteroatoms. The maximum absolute atomic E-state index is 14.8. The number of hydrogen-bond donors (Lipinski definition) is 2. The van der Waals surface area contributed by atoms with Crippen LogP contribution in [-0.2, 0) is 23.1 Å². The Morgan fingerprint density at radius 1 is 1.14 bits per heavy atom. The largest absolute Gasteiger partial charge is 0.416 e. The standard InChI is InChI=1S/C22H20F5N5O3/c1-13(21(35,10-31-12-29-11-30-31)17-7-6-16(23)8-18(17)24)32(9-19(28)33)20(34)14-2-4-15(5-3-14)22(25,26)27/h2-8,11-13,35H,9-10H2,1H3,(H2,28,33)/t13-,21-/m1/s1. The number of primary amides is 1. The SMILES string of the molecule is C[C@@H](N(CC(N)=O)C(=O)c1ccc(C(F)(F)F)cc1)[C@](O)(Cn1cncn1)c1ccc(F)cc1F. The van der Waals surface area contributed by atoms with Gasteiger partial charge < -0.3 is 15.7 Å². The normalized spacial score (nSPS) is 14.3. The van der Waals surface area contributed by atoms with Crippen molar-refractivity contribution in [1.82, 2.24) is 19.7 Å². The summed E-state index contributed by atoms with van der Waals surface area (Å²) in [4.78, 5) is 29.6. The number of aliphatic hydroxyl groups is 1. The number of carbonyl (C=O) groups excluding carboxylic acids is 2. The third-order valence-electron chi connectivity index (χ3n) is 5.47. The Hall–Kier alpha value is -3.87. The van der Waals surface area contributed by atoms with Crippen LogP contribution in [0.1, 0.15) is 28.4 Å². The number of hydrogen-bond acceptors (Lipinski definition) is 5. The Balaban J connectivity index is 2.07. The van der Waals surface area contributed by atoms with E-state index in [1.165, 1.54) is 13.3 Å². The van der Waals surface area contributed by atoms with Gasteiger partial charge in [0.1, 0.15) is 36.4 Å². The summed E-state index contributed by atoms with van der Waals surface area (Å²) in [6.45, 7) is 0.0421. The highest BCUT2D eigenvalue weighted by Crippen LogP contribution is 2.34. The highest BCUT2D eigenvalue weighted by atomic mass is 19.4. The number of carbonyl (C=O) groups is 2. The molecule has 186 valence electrons. The molecule has 0 saturated carbocycles. The third-order valence-corrected chi connectivity index (χ3v) is 5.47. The molecular formula is C22H20F5N5O3. The molecule has 3 aromatic rings. The summed E-state index contributed by atoms with van der Waals surface area (Å²) in [5, 5.41) is 15.5. The quantitative estimate of drug-likeness (QED) is 0.464. The second-order valence-electron chi connectivity index (χ2n) is 7.79. The zero-order valence-corrected chi connectivity index (χ0v) is 18.2. The Labute approximate surface area is 195 Å². The molecule has 1 heterocycles. The van der Waals surface area contributed by atoms with E-state index in [-0.39, 0.29) is 5.56 Å². The van der Waals surface area contributed by atoms with E-state index in [4.69, 9.17) is 5.73 Å². The predicted molar refractivity (Wildman–Crippen MR) is 111 cm³/mol. The van der Waals surface area contributed by atoms with Crippen LogP contribution >= 0.6 is 0 Å².